The Balaban J connectivity index is 2.40. The second kappa shape index (κ2) is 10.5. The van der Waals surface area contributed by atoms with Crippen molar-refractivity contribution in [1.82, 2.24) is 0 Å². The summed E-state index contributed by atoms with van der Waals surface area (Å²) in [7, 11) is 0. The van der Waals surface area contributed by atoms with Gasteiger partial charge in [-0.05, 0) is 37.0 Å². The molecule has 0 saturated carbocycles. The van der Waals surface area contributed by atoms with Crippen LogP contribution in [0.5, 0.6) is 5.75 Å². The van der Waals surface area contributed by atoms with Crippen LogP contribution in [0.2, 0.25) is 0 Å². The average molecular weight is 275 g/mol. The topological polar surface area (TPSA) is 32.6 Å². The second-order valence-corrected chi connectivity index (χ2v) is 5.45. The van der Waals surface area contributed by atoms with E-state index in [0.29, 0.717) is 5.75 Å². The molecular formula is C18H29NO. The summed E-state index contributed by atoms with van der Waals surface area (Å²) in [6, 6.07) is 5.89. The molecule has 0 fully saturated rings. The van der Waals surface area contributed by atoms with Crippen LogP contribution < -0.4 is 0 Å². The lowest BCUT2D eigenvalue weighted by Crippen LogP contribution is -1.91. The average Bonchev–Trinajstić information content (AvgIpc) is 2.46. The summed E-state index contributed by atoms with van der Waals surface area (Å²) in [5, 5.41) is 9.81. The highest BCUT2D eigenvalue weighted by Gasteiger charge is 2.01. The van der Waals surface area contributed by atoms with Gasteiger partial charge in [-0.25, -0.2) is 0 Å². The second-order valence-electron chi connectivity index (χ2n) is 5.45. The minimum atomic E-state index is 0.330. The van der Waals surface area contributed by atoms with Gasteiger partial charge in [0.1, 0.15) is 5.75 Å². The molecule has 1 rings (SSSR count). The molecule has 0 bridgehead atoms. The Kier molecular flexibility index (Phi) is 8.77. The van der Waals surface area contributed by atoms with Gasteiger partial charge in [-0.3, -0.25) is 4.99 Å². The first kappa shape index (κ1) is 16.7. The van der Waals surface area contributed by atoms with Gasteiger partial charge in [-0.2, -0.15) is 0 Å². The van der Waals surface area contributed by atoms with Crippen LogP contribution in [0.1, 0.15) is 69.9 Å². The predicted molar refractivity (Wildman–Crippen MR) is 87.9 cm³/mol. The molecule has 0 unspecified atom stereocenters. The summed E-state index contributed by atoms with van der Waals surface area (Å²) in [4.78, 5) is 4.31. The zero-order valence-corrected chi connectivity index (χ0v) is 13.1. The number of nitrogens with zero attached hydrogens (tertiary/aromatic N) is 1. The molecule has 1 N–H and O–H groups in total. The van der Waals surface area contributed by atoms with Crippen LogP contribution >= 0.6 is 0 Å². The molecule has 0 spiro atoms. The summed E-state index contributed by atoms with van der Waals surface area (Å²) in [5.41, 5.74) is 2.15. The lowest BCUT2D eigenvalue weighted by Gasteiger charge is -2.05. The summed E-state index contributed by atoms with van der Waals surface area (Å²) in [6.45, 7) is 5.17. The van der Waals surface area contributed by atoms with E-state index in [1.807, 2.05) is 6.07 Å². The molecule has 0 aliphatic carbocycles. The van der Waals surface area contributed by atoms with Crippen molar-refractivity contribution in [3.63, 3.8) is 0 Å². The van der Waals surface area contributed by atoms with Gasteiger partial charge in [-0.15, -0.1) is 0 Å². The van der Waals surface area contributed by atoms with Crippen molar-refractivity contribution in [1.29, 1.82) is 0 Å². The molecule has 0 radical (unpaired) electrons. The fourth-order valence-corrected chi connectivity index (χ4v) is 2.26. The van der Waals surface area contributed by atoms with E-state index in [9.17, 15) is 5.11 Å². The molecule has 0 saturated heterocycles. The zero-order chi connectivity index (χ0) is 14.6. The number of hydrogen-bond acceptors (Lipinski definition) is 2. The van der Waals surface area contributed by atoms with E-state index in [-0.39, 0.29) is 0 Å². The number of rotatable bonds is 10. The van der Waals surface area contributed by atoms with Crippen LogP contribution in [0, 0.1) is 0 Å². The summed E-state index contributed by atoms with van der Waals surface area (Å²) in [5.74, 6) is 0.330. The highest BCUT2D eigenvalue weighted by atomic mass is 16.3. The molecule has 1 aromatic carbocycles. The highest BCUT2D eigenvalue weighted by molar-refractivity contribution is 5.83. The van der Waals surface area contributed by atoms with Crippen molar-refractivity contribution in [3.05, 3.63) is 29.3 Å². The van der Waals surface area contributed by atoms with E-state index in [1.165, 1.54) is 44.1 Å². The molecule has 112 valence electrons. The van der Waals surface area contributed by atoms with E-state index in [2.05, 4.69) is 24.9 Å². The zero-order valence-electron chi connectivity index (χ0n) is 13.1. The first-order valence-corrected chi connectivity index (χ1v) is 8.09. The number of aryl methyl sites for hydroxylation is 1. The first-order chi connectivity index (χ1) is 9.77. The third-order valence-corrected chi connectivity index (χ3v) is 3.49. The van der Waals surface area contributed by atoms with Crippen molar-refractivity contribution in [2.45, 2.75) is 65.2 Å². The molecule has 20 heavy (non-hydrogen) atoms. The van der Waals surface area contributed by atoms with Crippen molar-refractivity contribution < 1.29 is 5.11 Å². The number of hydrogen-bond donors (Lipinski definition) is 1. The number of aromatic hydroxyl groups is 1. The number of phenolic OH excluding ortho intramolecular Hbond substituents is 1. The largest absolute Gasteiger partial charge is 0.507 e. The molecule has 1 aromatic rings. The molecule has 0 atom stereocenters. The summed E-state index contributed by atoms with van der Waals surface area (Å²) >= 11 is 0. The Morgan fingerprint density at radius 1 is 1.00 bits per heavy atom. The molecular weight excluding hydrogens is 246 g/mol. The molecule has 0 aliphatic heterocycles. The number of aliphatic imine (C=N–C) groups is 1. The van der Waals surface area contributed by atoms with Crippen LogP contribution in [0.25, 0.3) is 0 Å². The van der Waals surface area contributed by atoms with Crippen molar-refractivity contribution in [2.24, 2.45) is 4.99 Å². The lowest BCUT2D eigenvalue weighted by molar-refractivity contribution is 0.474. The fraction of sp³-hybridized carbons (Fsp3) is 0.611. The van der Waals surface area contributed by atoms with Crippen LogP contribution in [0.4, 0.5) is 0 Å². The minimum Gasteiger partial charge on any atom is -0.507 e. The number of phenols is 1. The highest BCUT2D eigenvalue weighted by Crippen LogP contribution is 2.18. The number of unbranched alkanes of at least 4 members (excludes halogenated alkanes) is 5. The third kappa shape index (κ3) is 6.74. The molecule has 0 amide bonds. The quantitative estimate of drug-likeness (QED) is 0.466. The molecule has 2 heteroatoms. The predicted octanol–water partition coefficient (Wildman–Crippen LogP) is 5.12. The fourth-order valence-electron chi connectivity index (χ4n) is 2.26. The standard InChI is InChI=1S/C18H29NO/c1-3-5-6-7-8-9-10-16-11-12-18(20)17(14-16)15-19-13-4-2/h11-12,14-15,20H,3-10,13H2,1-2H3. The smallest absolute Gasteiger partial charge is 0.124 e. The first-order valence-electron chi connectivity index (χ1n) is 8.09. The monoisotopic (exact) mass is 275 g/mol. The molecule has 0 heterocycles. The lowest BCUT2D eigenvalue weighted by atomic mass is 10.0. The van der Waals surface area contributed by atoms with Gasteiger partial charge in [0, 0.05) is 18.3 Å². The summed E-state index contributed by atoms with van der Waals surface area (Å²) < 4.78 is 0. The maximum absolute atomic E-state index is 9.81. The Labute approximate surface area is 124 Å². The normalized spacial score (nSPS) is 11.3. The third-order valence-electron chi connectivity index (χ3n) is 3.49. The van der Waals surface area contributed by atoms with Gasteiger partial charge in [0.2, 0.25) is 0 Å². The van der Waals surface area contributed by atoms with Gasteiger partial charge >= 0.3 is 0 Å². The Morgan fingerprint density at radius 2 is 1.75 bits per heavy atom. The van der Waals surface area contributed by atoms with Crippen molar-refractivity contribution >= 4 is 6.21 Å². The molecule has 2 nitrogen and oxygen atoms in total. The van der Waals surface area contributed by atoms with Gasteiger partial charge in [0.05, 0.1) is 0 Å². The van der Waals surface area contributed by atoms with Crippen LogP contribution in [0.15, 0.2) is 23.2 Å². The van der Waals surface area contributed by atoms with Crippen LogP contribution in [0.3, 0.4) is 0 Å². The van der Waals surface area contributed by atoms with Gasteiger partial charge in [0.25, 0.3) is 0 Å². The van der Waals surface area contributed by atoms with E-state index in [1.54, 1.807) is 12.3 Å². The molecule has 0 aliphatic rings. The van der Waals surface area contributed by atoms with E-state index in [4.69, 9.17) is 0 Å². The Bertz CT molecular complexity index is 398. The minimum absolute atomic E-state index is 0.330. The SMILES string of the molecule is CCCCCCCCc1ccc(O)c(C=NCCC)c1. The van der Waals surface area contributed by atoms with Gasteiger partial charge < -0.3 is 5.11 Å². The van der Waals surface area contributed by atoms with Crippen molar-refractivity contribution in [2.75, 3.05) is 6.54 Å². The van der Waals surface area contributed by atoms with Crippen LogP contribution in [-0.2, 0) is 6.42 Å². The molecule has 0 aromatic heterocycles. The van der Waals surface area contributed by atoms with E-state index in [0.717, 1.165) is 24.9 Å². The summed E-state index contributed by atoms with van der Waals surface area (Å²) in [6.07, 6.45) is 11.8. The van der Waals surface area contributed by atoms with Gasteiger partial charge in [0.15, 0.2) is 0 Å². The van der Waals surface area contributed by atoms with E-state index < -0.39 is 0 Å². The van der Waals surface area contributed by atoms with Crippen LogP contribution in [-0.4, -0.2) is 17.9 Å². The Hall–Kier alpha value is -1.31. The maximum Gasteiger partial charge on any atom is 0.124 e. The maximum atomic E-state index is 9.81. The number of benzene rings is 1. The Morgan fingerprint density at radius 3 is 2.50 bits per heavy atom. The van der Waals surface area contributed by atoms with Crippen molar-refractivity contribution in [3.8, 4) is 5.75 Å². The van der Waals surface area contributed by atoms with Gasteiger partial charge in [-0.1, -0.05) is 52.0 Å². The van der Waals surface area contributed by atoms with E-state index >= 15 is 0 Å².